The van der Waals surface area contributed by atoms with Gasteiger partial charge in [-0.15, -0.1) is 0 Å². The third-order valence-corrected chi connectivity index (χ3v) is 4.33. The number of benzene rings is 1. The van der Waals surface area contributed by atoms with Crippen LogP contribution in [0.3, 0.4) is 0 Å². The molecule has 3 nitrogen and oxygen atoms in total. The van der Waals surface area contributed by atoms with E-state index in [0.29, 0.717) is 5.56 Å². The van der Waals surface area contributed by atoms with Gasteiger partial charge in [0.05, 0.1) is 11.3 Å². The summed E-state index contributed by atoms with van der Waals surface area (Å²) in [7, 11) is -1.92. The second-order valence-electron chi connectivity index (χ2n) is 3.85. The molecule has 0 aliphatic carbocycles. The van der Waals surface area contributed by atoms with Crippen molar-refractivity contribution in [3.05, 3.63) is 35.4 Å². The van der Waals surface area contributed by atoms with Crippen LogP contribution in [0.15, 0.2) is 24.3 Å². The zero-order chi connectivity index (χ0) is 14.0. The van der Waals surface area contributed by atoms with Gasteiger partial charge in [-0.1, -0.05) is 12.1 Å². The van der Waals surface area contributed by atoms with Gasteiger partial charge in [0.1, 0.15) is 0 Å². The number of rotatable bonds is 4. The van der Waals surface area contributed by atoms with E-state index in [9.17, 15) is 21.6 Å². The van der Waals surface area contributed by atoms with Crippen molar-refractivity contribution in [2.75, 3.05) is 12.8 Å². The highest BCUT2D eigenvalue weighted by Crippen LogP contribution is 2.29. The fourth-order valence-corrected chi connectivity index (χ4v) is 2.16. The Morgan fingerprint density at radius 3 is 2.06 bits per heavy atom. The summed E-state index contributed by atoms with van der Waals surface area (Å²) in [6.45, 7) is 1.58. The lowest BCUT2D eigenvalue weighted by Crippen LogP contribution is -2.27. The predicted molar refractivity (Wildman–Crippen MR) is 62.4 cm³/mol. The van der Waals surface area contributed by atoms with E-state index >= 15 is 0 Å². The number of sulfonamides is 1. The standard InChI is InChI=1S/C11H14F3NO2S/c1-3-18(16,17)15(2)8-9-4-6-10(7-5-9)11(12,13)14/h4-7H,3,8H2,1-2H3. The molecule has 1 aromatic carbocycles. The topological polar surface area (TPSA) is 37.4 Å². The average Bonchev–Trinajstić information content (AvgIpc) is 2.28. The lowest BCUT2D eigenvalue weighted by Gasteiger charge is -2.16. The fourth-order valence-electron chi connectivity index (χ4n) is 1.37. The van der Waals surface area contributed by atoms with Crippen LogP contribution in [-0.2, 0) is 22.7 Å². The molecule has 0 unspecified atom stereocenters. The van der Waals surface area contributed by atoms with Gasteiger partial charge >= 0.3 is 6.18 Å². The zero-order valence-electron chi connectivity index (χ0n) is 10.0. The molecule has 0 spiro atoms. The highest BCUT2D eigenvalue weighted by Gasteiger charge is 2.30. The van der Waals surface area contributed by atoms with Crippen molar-refractivity contribution < 1.29 is 21.6 Å². The molecule has 18 heavy (non-hydrogen) atoms. The van der Waals surface area contributed by atoms with Crippen molar-refractivity contribution in [1.29, 1.82) is 0 Å². The molecule has 0 N–H and O–H groups in total. The second kappa shape index (κ2) is 5.27. The minimum atomic E-state index is -4.38. The molecule has 0 atom stereocenters. The molecule has 102 valence electrons. The summed E-state index contributed by atoms with van der Waals surface area (Å²) in [6.07, 6.45) is -4.38. The number of hydrogen-bond acceptors (Lipinski definition) is 2. The van der Waals surface area contributed by atoms with E-state index in [1.807, 2.05) is 0 Å². The van der Waals surface area contributed by atoms with Crippen LogP contribution in [0.1, 0.15) is 18.1 Å². The quantitative estimate of drug-likeness (QED) is 0.850. The van der Waals surface area contributed by atoms with Crippen LogP contribution in [0.4, 0.5) is 13.2 Å². The van der Waals surface area contributed by atoms with E-state index in [2.05, 4.69) is 0 Å². The van der Waals surface area contributed by atoms with Crippen LogP contribution >= 0.6 is 0 Å². The molecule has 0 saturated carbocycles. The van der Waals surface area contributed by atoms with Crippen molar-refractivity contribution in [3.8, 4) is 0 Å². The van der Waals surface area contributed by atoms with Crippen molar-refractivity contribution in [2.24, 2.45) is 0 Å². The summed E-state index contributed by atoms with van der Waals surface area (Å²) in [4.78, 5) is 0. The smallest absolute Gasteiger partial charge is 0.212 e. The number of hydrogen-bond donors (Lipinski definition) is 0. The summed E-state index contributed by atoms with van der Waals surface area (Å²) in [6, 6.07) is 4.46. The summed E-state index contributed by atoms with van der Waals surface area (Å²) in [5, 5.41) is 0. The maximum atomic E-state index is 12.3. The van der Waals surface area contributed by atoms with E-state index < -0.39 is 21.8 Å². The van der Waals surface area contributed by atoms with Crippen molar-refractivity contribution >= 4 is 10.0 Å². The van der Waals surface area contributed by atoms with Gasteiger partial charge in [0, 0.05) is 13.6 Å². The first-order valence-corrected chi connectivity index (χ1v) is 6.88. The molecule has 0 aliphatic heterocycles. The molecule has 1 rings (SSSR count). The lowest BCUT2D eigenvalue weighted by molar-refractivity contribution is -0.137. The van der Waals surface area contributed by atoms with Crippen LogP contribution in [0.25, 0.3) is 0 Å². The van der Waals surface area contributed by atoms with E-state index in [4.69, 9.17) is 0 Å². The number of nitrogens with zero attached hydrogens (tertiary/aromatic N) is 1. The maximum Gasteiger partial charge on any atom is 0.416 e. The Balaban J connectivity index is 2.82. The van der Waals surface area contributed by atoms with Gasteiger partial charge in [0.25, 0.3) is 0 Å². The third kappa shape index (κ3) is 3.71. The van der Waals surface area contributed by atoms with E-state index in [-0.39, 0.29) is 12.3 Å². The molecule has 0 aliphatic rings. The first-order valence-electron chi connectivity index (χ1n) is 5.27. The molecule has 0 amide bonds. The fraction of sp³-hybridized carbons (Fsp3) is 0.455. The molecule has 0 bridgehead atoms. The van der Waals surface area contributed by atoms with Gasteiger partial charge in [0.15, 0.2) is 0 Å². The Hall–Kier alpha value is -1.08. The minimum absolute atomic E-state index is 0.0376. The molecule has 7 heteroatoms. The van der Waals surface area contributed by atoms with Crippen molar-refractivity contribution in [1.82, 2.24) is 4.31 Å². The van der Waals surface area contributed by atoms with Crippen LogP contribution < -0.4 is 0 Å². The first-order chi connectivity index (χ1) is 8.16. The van der Waals surface area contributed by atoms with Gasteiger partial charge in [-0.2, -0.15) is 13.2 Å². The Bertz CT molecular complexity index is 494. The molecule has 0 fully saturated rings. The second-order valence-corrected chi connectivity index (χ2v) is 6.22. The van der Waals surface area contributed by atoms with Crippen LogP contribution in [-0.4, -0.2) is 25.5 Å². The highest BCUT2D eigenvalue weighted by atomic mass is 32.2. The van der Waals surface area contributed by atoms with Crippen molar-refractivity contribution in [3.63, 3.8) is 0 Å². The molecule has 0 saturated heterocycles. The minimum Gasteiger partial charge on any atom is -0.212 e. The Kier molecular flexibility index (Phi) is 4.39. The van der Waals surface area contributed by atoms with Gasteiger partial charge in [0.2, 0.25) is 10.0 Å². The van der Waals surface area contributed by atoms with Gasteiger partial charge < -0.3 is 0 Å². The third-order valence-electron chi connectivity index (χ3n) is 2.53. The molecule has 0 heterocycles. The Morgan fingerprint density at radius 2 is 1.67 bits per heavy atom. The number of alkyl halides is 3. The highest BCUT2D eigenvalue weighted by molar-refractivity contribution is 7.89. The predicted octanol–water partition coefficient (Wildman–Crippen LogP) is 2.49. The van der Waals surface area contributed by atoms with Crippen LogP contribution in [0.2, 0.25) is 0 Å². The van der Waals surface area contributed by atoms with Crippen LogP contribution in [0, 0.1) is 0 Å². The summed E-state index contributed by atoms with van der Waals surface area (Å²) in [5.41, 5.74) is -0.227. The van der Waals surface area contributed by atoms with E-state index in [0.717, 1.165) is 16.4 Å². The van der Waals surface area contributed by atoms with Crippen LogP contribution in [0.5, 0.6) is 0 Å². The van der Waals surface area contributed by atoms with E-state index in [1.165, 1.54) is 26.1 Å². The lowest BCUT2D eigenvalue weighted by atomic mass is 10.1. The normalized spacial score (nSPS) is 13.0. The van der Waals surface area contributed by atoms with Gasteiger partial charge in [-0.05, 0) is 24.6 Å². The Labute approximate surface area is 104 Å². The number of halogens is 3. The molecule has 0 radical (unpaired) electrons. The first kappa shape index (κ1) is 15.0. The molecule has 0 aromatic heterocycles. The zero-order valence-corrected chi connectivity index (χ0v) is 10.8. The van der Waals surface area contributed by atoms with Crippen molar-refractivity contribution in [2.45, 2.75) is 19.6 Å². The average molecular weight is 281 g/mol. The molecular weight excluding hydrogens is 267 g/mol. The summed E-state index contributed by atoms with van der Waals surface area (Å²) in [5.74, 6) is -0.0376. The van der Waals surface area contributed by atoms with Gasteiger partial charge in [-0.3, -0.25) is 0 Å². The van der Waals surface area contributed by atoms with Gasteiger partial charge in [-0.25, -0.2) is 12.7 Å². The monoisotopic (exact) mass is 281 g/mol. The van der Waals surface area contributed by atoms with E-state index in [1.54, 1.807) is 0 Å². The molecule has 1 aromatic rings. The summed E-state index contributed by atoms with van der Waals surface area (Å²) >= 11 is 0. The maximum absolute atomic E-state index is 12.3. The largest absolute Gasteiger partial charge is 0.416 e. The summed E-state index contributed by atoms with van der Waals surface area (Å²) < 4.78 is 61.0. The SMILES string of the molecule is CCS(=O)(=O)N(C)Cc1ccc(C(F)(F)F)cc1. The Morgan fingerprint density at radius 1 is 1.17 bits per heavy atom. The molecular formula is C11H14F3NO2S.